The van der Waals surface area contributed by atoms with Gasteiger partial charge in [-0.05, 0) is 63.2 Å². The van der Waals surface area contributed by atoms with Gasteiger partial charge in [-0.3, -0.25) is 19.2 Å². The monoisotopic (exact) mass is 535 g/mol. The van der Waals surface area contributed by atoms with Gasteiger partial charge in [-0.15, -0.1) is 0 Å². The van der Waals surface area contributed by atoms with Gasteiger partial charge in [-0.25, -0.2) is 4.79 Å². The third-order valence-electron chi connectivity index (χ3n) is 7.40. The van der Waals surface area contributed by atoms with E-state index < -0.39 is 52.7 Å². The van der Waals surface area contributed by atoms with Crippen LogP contribution < -0.4 is 21.7 Å². The molecule has 0 aromatic carbocycles. The summed E-state index contributed by atoms with van der Waals surface area (Å²) in [5.41, 5.74) is 4.18. The molecule has 0 radical (unpaired) electrons. The molecular formula is C28H49N5O5. The van der Waals surface area contributed by atoms with Gasteiger partial charge in [0.15, 0.2) is 0 Å². The van der Waals surface area contributed by atoms with Gasteiger partial charge in [0.1, 0.15) is 12.1 Å². The summed E-state index contributed by atoms with van der Waals surface area (Å²) in [4.78, 5) is 66.3. The SMILES string of the molecule is CC(C)CC1CCN(C(=O)[C@@H](NC(=O)NC(C)(C)C)C(C)(C)C)C1C(=O)NC(CC1CCC1)C(=O)C(N)=O. The second-order valence-corrected chi connectivity index (χ2v) is 13.6. The maximum absolute atomic E-state index is 14.0. The molecule has 1 heterocycles. The average molecular weight is 536 g/mol. The van der Waals surface area contributed by atoms with Crippen LogP contribution in [0.5, 0.6) is 0 Å². The van der Waals surface area contributed by atoms with E-state index in [1.54, 1.807) is 4.90 Å². The molecule has 1 aliphatic carbocycles. The molecule has 5 N–H and O–H groups in total. The number of likely N-dealkylation sites (tertiary alicyclic amines) is 1. The van der Waals surface area contributed by atoms with Crippen molar-refractivity contribution >= 4 is 29.5 Å². The van der Waals surface area contributed by atoms with Crippen LogP contribution in [-0.2, 0) is 19.2 Å². The van der Waals surface area contributed by atoms with Gasteiger partial charge >= 0.3 is 6.03 Å². The highest BCUT2D eigenvalue weighted by atomic mass is 16.2. The summed E-state index contributed by atoms with van der Waals surface area (Å²) in [6, 6.07) is -3.16. The van der Waals surface area contributed by atoms with Crippen LogP contribution >= 0.6 is 0 Å². The molecule has 1 saturated heterocycles. The summed E-state index contributed by atoms with van der Waals surface area (Å²) in [6.07, 6.45) is 4.65. The van der Waals surface area contributed by atoms with Gasteiger partial charge in [0.2, 0.25) is 17.6 Å². The number of amides is 5. The number of carbonyl (C=O) groups excluding carboxylic acids is 5. The number of nitrogens with one attached hydrogen (secondary N) is 3. The first-order chi connectivity index (χ1) is 17.4. The molecule has 2 fully saturated rings. The number of hydrogen-bond acceptors (Lipinski definition) is 5. The van der Waals surface area contributed by atoms with E-state index in [1.165, 1.54) is 0 Å². The largest absolute Gasteiger partial charge is 0.363 e. The lowest BCUT2D eigenvalue weighted by Crippen LogP contribution is -2.61. The first-order valence-electron chi connectivity index (χ1n) is 13.9. The fourth-order valence-corrected chi connectivity index (χ4v) is 5.36. The zero-order valence-electron chi connectivity index (χ0n) is 24.5. The molecular weight excluding hydrogens is 486 g/mol. The average Bonchev–Trinajstić information content (AvgIpc) is 3.13. The molecule has 0 aromatic rings. The number of ketones is 1. The molecule has 1 aliphatic heterocycles. The minimum absolute atomic E-state index is 0.115. The molecule has 2 aliphatic rings. The fourth-order valence-electron chi connectivity index (χ4n) is 5.36. The summed E-state index contributed by atoms with van der Waals surface area (Å²) in [5.74, 6) is -2.25. The van der Waals surface area contributed by atoms with Crippen molar-refractivity contribution in [2.24, 2.45) is 28.9 Å². The van der Waals surface area contributed by atoms with Crippen molar-refractivity contribution in [3.8, 4) is 0 Å². The van der Waals surface area contributed by atoms with Crippen molar-refractivity contribution in [3.63, 3.8) is 0 Å². The number of carbonyl (C=O) groups is 5. The predicted octanol–water partition coefficient (Wildman–Crippen LogP) is 2.49. The Morgan fingerprint density at radius 2 is 1.53 bits per heavy atom. The number of nitrogens with zero attached hydrogens (tertiary/aromatic N) is 1. The lowest BCUT2D eigenvalue weighted by atomic mass is 9.80. The molecule has 10 nitrogen and oxygen atoms in total. The summed E-state index contributed by atoms with van der Waals surface area (Å²) >= 11 is 0. The van der Waals surface area contributed by atoms with Gasteiger partial charge in [-0.2, -0.15) is 0 Å². The van der Waals surface area contributed by atoms with Crippen LogP contribution in [-0.4, -0.2) is 64.6 Å². The molecule has 0 bridgehead atoms. The Kier molecular flexibility index (Phi) is 10.4. The molecule has 0 aromatic heterocycles. The standard InChI is InChI=1S/C28H49N5O5/c1-16(2)14-18-12-13-33(25(37)22(27(3,4)5)31-26(38)32-28(6,7)8)20(18)24(36)30-19(21(34)23(29)35)15-17-10-9-11-17/h16-20,22H,9-15H2,1-8H3,(H2,29,35)(H,30,36)(H2,31,32,38)/t18?,19?,20?,22-/m1/s1. The van der Waals surface area contributed by atoms with E-state index in [1.807, 2.05) is 41.5 Å². The smallest absolute Gasteiger partial charge is 0.315 e. The Labute approximate surface area is 227 Å². The van der Waals surface area contributed by atoms with E-state index >= 15 is 0 Å². The molecule has 2 rings (SSSR count). The van der Waals surface area contributed by atoms with Gasteiger partial charge in [0, 0.05) is 12.1 Å². The van der Waals surface area contributed by atoms with Crippen molar-refractivity contribution in [1.29, 1.82) is 0 Å². The van der Waals surface area contributed by atoms with Crippen molar-refractivity contribution in [3.05, 3.63) is 0 Å². The first-order valence-corrected chi connectivity index (χ1v) is 13.9. The molecule has 216 valence electrons. The Morgan fingerprint density at radius 3 is 1.97 bits per heavy atom. The number of Topliss-reactive ketones (excluding diaryl/α,β-unsaturated/α-hetero) is 1. The molecule has 10 heteroatoms. The van der Waals surface area contributed by atoms with Crippen molar-refractivity contribution in [1.82, 2.24) is 20.9 Å². The highest BCUT2D eigenvalue weighted by Gasteiger charge is 2.47. The number of urea groups is 1. The predicted molar refractivity (Wildman–Crippen MR) is 146 cm³/mol. The van der Waals surface area contributed by atoms with Crippen LogP contribution in [0.2, 0.25) is 0 Å². The van der Waals surface area contributed by atoms with E-state index in [0.717, 1.165) is 25.7 Å². The Hall–Kier alpha value is -2.65. The molecule has 38 heavy (non-hydrogen) atoms. The number of hydrogen-bond donors (Lipinski definition) is 4. The van der Waals surface area contributed by atoms with Crippen LogP contribution in [0.25, 0.3) is 0 Å². The number of primary amides is 1. The third-order valence-corrected chi connectivity index (χ3v) is 7.40. The number of nitrogens with two attached hydrogens (primary N) is 1. The van der Waals surface area contributed by atoms with Gasteiger partial charge in [-0.1, -0.05) is 53.9 Å². The summed E-state index contributed by atoms with van der Waals surface area (Å²) in [7, 11) is 0. The first kappa shape index (κ1) is 31.6. The Bertz CT molecular complexity index is 900. The van der Waals surface area contributed by atoms with Gasteiger partial charge < -0.3 is 26.6 Å². The quantitative estimate of drug-likeness (QED) is 0.317. The maximum atomic E-state index is 14.0. The minimum atomic E-state index is -1.07. The van der Waals surface area contributed by atoms with E-state index in [9.17, 15) is 24.0 Å². The van der Waals surface area contributed by atoms with Crippen LogP contribution in [0.15, 0.2) is 0 Å². The lowest BCUT2D eigenvalue weighted by molar-refractivity contribution is -0.144. The highest BCUT2D eigenvalue weighted by molar-refractivity contribution is 6.37. The fraction of sp³-hybridized carbons (Fsp3) is 0.821. The lowest BCUT2D eigenvalue weighted by Gasteiger charge is -2.37. The minimum Gasteiger partial charge on any atom is -0.363 e. The van der Waals surface area contributed by atoms with E-state index in [-0.39, 0.29) is 23.7 Å². The molecule has 4 atom stereocenters. The van der Waals surface area contributed by atoms with E-state index in [0.29, 0.717) is 19.4 Å². The Morgan fingerprint density at radius 1 is 0.921 bits per heavy atom. The third kappa shape index (κ3) is 8.70. The number of rotatable bonds is 10. The van der Waals surface area contributed by atoms with Crippen LogP contribution in [0.1, 0.15) is 93.9 Å². The topological polar surface area (TPSA) is 151 Å². The van der Waals surface area contributed by atoms with E-state index in [2.05, 4.69) is 29.8 Å². The van der Waals surface area contributed by atoms with Crippen molar-refractivity contribution < 1.29 is 24.0 Å². The maximum Gasteiger partial charge on any atom is 0.315 e. The normalized spacial score (nSPS) is 21.9. The zero-order chi connectivity index (χ0) is 29.0. The van der Waals surface area contributed by atoms with Gasteiger partial charge in [0.25, 0.3) is 5.91 Å². The summed E-state index contributed by atoms with van der Waals surface area (Å²) < 4.78 is 0. The van der Waals surface area contributed by atoms with Crippen LogP contribution in [0.3, 0.4) is 0 Å². The zero-order valence-corrected chi connectivity index (χ0v) is 24.5. The van der Waals surface area contributed by atoms with E-state index in [4.69, 9.17) is 5.73 Å². The molecule has 5 amide bonds. The van der Waals surface area contributed by atoms with Crippen molar-refractivity contribution in [2.45, 2.75) is 118 Å². The summed E-state index contributed by atoms with van der Waals surface area (Å²) in [6.45, 7) is 15.6. The van der Waals surface area contributed by atoms with Crippen LogP contribution in [0, 0.1) is 23.2 Å². The summed E-state index contributed by atoms with van der Waals surface area (Å²) in [5, 5.41) is 8.46. The van der Waals surface area contributed by atoms with Crippen LogP contribution in [0.4, 0.5) is 4.79 Å². The second kappa shape index (κ2) is 12.5. The Balaban J connectivity index is 2.33. The molecule has 0 spiro atoms. The van der Waals surface area contributed by atoms with Crippen molar-refractivity contribution in [2.75, 3.05) is 6.54 Å². The molecule has 3 unspecified atom stereocenters. The second-order valence-electron chi connectivity index (χ2n) is 13.6. The molecule has 1 saturated carbocycles. The van der Waals surface area contributed by atoms with Gasteiger partial charge in [0.05, 0.1) is 6.04 Å². The highest BCUT2D eigenvalue weighted by Crippen LogP contribution is 2.34.